The second-order valence-electron chi connectivity index (χ2n) is 6.79. The van der Waals surface area contributed by atoms with Gasteiger partial charge in [0.1, 0.15) is 11.0 Å². The number of nitrogens with zero attached hydrogens (tertiary/aromatic N) is 1. The van der Waals surface area contributed by atoms with Gasteiger partial charge in [-0.2, -0.15) is 0 Å². The highest BCUT2D eigenvalue weighted by molar-refractivity contribution is 5.96. The second kappa shape index (κ2) is 6.22. The average Bonchev–Trinajstić information content (AvgIpc) is 3.23. The van der Waals surface area contributed by atoms with Gasteiger partial charge in [0.2, 0.25) is 0 Å². The summed E-state index contributed by atoms with van der Waals surface area (Å²) in [6.45, 7) is 7.16. The van der Waals surface area contributed by atoms with Crippen LogP contribution in [0.25, 0.3) is 0 Å². The number of non-ortho nitro benzene ring substituents is 1. The lowest BCUT2D eigenvalue weighted by molar-refractivity contribution is -0.384. The molecule has 0 N–H and O–H groups in total. The topological polar surface area (TPSA) is 95.7 Å². The van der Waals surface area contributed by atoms with Crippen LogP contribution in [0.15, 0.2) is 24.3 Å². The number of carbonyl (C=O) groups is 2. The summed E-state index contributed by atoms with van der Waals surface area (Å²) in [5.41, 5.74) is -1.38. The van der Waals surface area contributed by atoms with E-state index in [0.717, 1.165) is 0 Å². The SMILES string of the molecule is CCOC(=O)[C@@H]1C[C@]1(C(=O)OC(C)(C)C)c1ccc([N+](=O)[O-])cc1. The third kappa shape index (κ3) is 3.39. The minimum absolute atomic E-state index is 0.0774. The zero-order valence-electron chi connectivity index (χ0n) is 14.2. The van der Waals surface area contributed by atoms with E-state index in [2.05, 4.69) is 0 Å². The maximum Gasteiger partial charge on any atom is 0.317 e. The summed E-state index contributed by atoms with van der Waals surface area (Å²) in [6, 6.07) is 5.65. The maximum atomic E-state index is 12.7. The number of hydrogen-bond donors (Lipinski definition) is 0. The van der Waals surface area contributed by atoms with Gasteiger partial charge in [0.05, 0.1) is 17.4 Å². The van der Waals surface area contributed by atoms with E-state index in [1.54, 1.807) is 27.7 Å². The van der Waals surface area contributed by atoms with Crippen molar-refractivity contribution in [1.29, 1.82) is 0 Å². The van der Waals surface area contributed by atoms with Crippen molar-refractivity contribution in [1.82, 2.24) is 0 Å². The number of esters is 2. The van der Waals surface area contributed by atoms with Crippen LogP contribution in [-0.4, -0.2) is 29.1 Å². The van der Waals surface area contributed by atoms with E-state index < -0.39 is 33.8 Å². The third-order valence-corrected chi connectivity index (χ3v) is 3.89. The predicted octanol–water partition coefficient (Wildman–Crippen LogP) is 2.76. The van der Waals surface area contributed by atoms with Crippen LogP contribution in [0.2, 0.25) is 0 Å². The molecule has 0 spiro atoms. The molecule has 1 fully saturated rings. The van der Waals surface area contributed by atoms with Crippen molar-refractivity contribution in [3.8, 4) is 0 Å². The average molecular weight is 335 g/mol. The molecule has 0 aliphatic heterocycles. The molecule has 24 heavy (non-hydrogen) atoms. The first-order valence-electron chi connectivity index (χ1n) is 7.77. The highest BCUT2D eigenvalue weighted by atomic mass is 16.6. The van der Waals surface area contributed by atoms with E-state index in [9.17, 15) is 19.7 Å². The molecule has 2 atom stereocenters. The monoisotopic (exact) mass is 335 g/mol. The van der Waals surface area contributed by atoms with Crippen molar-refractivity contribution in [3.63, 3.8) is 0 Å². The van der Waals surface area contributed by atoms with Gasteiger partial charge in [-0.1, -0.05) is 12.1 Å². The van der Waals surface area contributed by atoms with Crippen molar-refractivity contribution < 1.29 is 24.0 Å². The minimum atomic E-state index is -1.13. The van der Waals surface area contributed by atoms with E-state index in [-0.39, 0.29) is 18.7 Å². The standard InChI is InChI=1S/C17H21NO6/c1-5-23-14(19)13-10-17(13,15(20)24-16(2,3)4)11-6-8-12(9-7-11)18(21)22/h6-9,13H,5,10H2,1-4H3/t13-,17-/m0/s1. The molecule has 1 aliphatic rings. The lowest BCUT2D eigenvalue weighted by atomic mass is 9.92. The molecule has 0 heterocycles. The van der Waals surface area contributed by atoms with E-state index in [0.29, 0.717) is 5.56 Å². The van der Waals surface area contributed by atoms with E-state index in [4.69, 9.17) is 9.47 Å². The quantitative estimate of drug-likeness (QED) is 0.466. The molecule has 2 rings (SSSR count). The van der Waals surface area contributed by atoms with E-state index in [1.165, 1.54) is 24.3 Å². The number of hydrogen-bond acceptors (Lipinski definition) is 6. The van der Waals surface area contributed by atoms with Gasteiger partial charge in [0.25, 0.3) is 5.69 Å². The number of rotatable bonds is 5. The minimum Gasteiger partial charge on any atom is -0.466 e. The summed E-state index contributed by atoms with van der Waals surface area (Å²) >= 11 is 0. The number of ether oxygens (including phenoxy) is 2. The van der Waals surface area contributed by atoms with Gasteiger partial charge in [-0.3, -0.25) is 19.7 Å². The van der Waals surface area contributed by atoms with Crippen LogP contribution in [0.1, 0.15) is 39.7 Å². The smallest absolute Gasteiger partial charge is 0.317 e. The first-order valence-corrected chi connectivity index (χ1v) is 7.77. The molecule has 0 bridgehead atoms. The molecule has 7 heteroatoms. The van der Waals surface area contributed by atoms with Gasteiger partial charge >= 0.3 is 11.9 Å². The van der Waals surface area contributed by atoms with Gasteiger partial charge in [-0.25, -0.2) is 0 Å². The molecule has 130 valence electrons. The molecule has 0 saturated heterocycles. The summed E-state index contributed by atoms with van der Waals surface area (Å²) < 4.78 is 10.5. The fraction of sp³-hybridized carbons (Fsp3) is 0.529. The molecule has 1 aromatic rings. The van der Waals surface area contributed by atoms with Crippen LogP contribution in [-0.2, 0) is 24.5 Å². The number of carbonyl (C=O) groups excluding carboxylic acids is 2. The Hall–Kier alpha value is -2.44. The zero-order valence-corrected chi connectivity index (χ0v) is 14.2. The van der Waals surface area contributed by atoms with Crippen molar-refractivity contribution >= 4 is 17.6 Å². The normalized spacial score (nSPS) is 22.6. The largest absolute Gasteiger partial charge is 0.466 e. The molecule has 0 aromatic heterocycles. The predicted molar refractivity (Wildman–Crippen MR) is 85.4 cm³/mol. The molecule has 1 aliphatic carbocycles. The van der Waals surface area contributed by atoms with Crippen LogP contribution >= 0.6 is 0 Å². The van der Waals surface area contributed by atoms with Crippen LogP contribution < -0.4 is 0 Å². The first-order chi connectivity index (χ1) is 11.1. The zero-order chi connectivity index (χ0) is 18.1. The van der Waals surface area contributed by atoms with Crippen LogP contribution in [0.5, 0.6) is 0 Å². The Balaban J connectivity index is 2.36. The van der Waals surface area contributed by atoms with E-state index >= 15 is 0 Å². The lowest BCUT2D eigenvalue weighted by Crippen LogP contribution is -2.34. The van der Waals surface area contributed by atoms with Gasteiger partial charge in [0.15, 0.2) is 0 Å². The molecule has 0 amide bonds. The van der Waals surface area contributed by atoms with Crippen molar-refractivity contribution in [2.45, 2.75) is 45.1 Å². The van der Waals surface area contributed by atoms with Gasteiger partial charge in [0, 0.05) is 12.1 Å². The van der Waals surface area contributed by atoms with Gasteiger partial charge in [-0.05, 0) is 39.7 Å². The third-order valence-electron chi connectivity index (χ3n) is 3.89. The van der Waals surface area contributed by atoms with Crippen LogP contribution in [0.4, 0.5) is 5.69 Å². The summed E-state index contributed by atoms with van der Waals surface area (Å²) in [5, 5.41) is 10.8. The lowest BCUT2D eigenvalue weighted by Gasteiger charge is -2.24. The summed E-state index contributed by atoms with van der Waals surface area (Å²) in [5.74, 6) is -1.60. The van der Waals surface area contributed by atoms with Crippen LogP contribution in [0.3, 0.4) is 0 Å². The van der Waals surface area contributed by atoms with E-state index in [1.807, 2.05) is 0 Å². The summed E-state index contributed by atoms with van der Waals surface area (Å²) in [6.07, 6.45) is 0.276. The summed E-state index contributed by atoms with van der Waals surface area (Å²) in [4.78, 5) is 35.1. The first kappa shape index (κ1) is 17.9. The second-order valence-corrected chi connectivity index (χ2v) is 6.79. The van der Waals surface area contributed by atoms with Crippen molar-refractivity contribution in [3.05, 3.63) is 39.9 Å². The molecular formula is C17H21NO6. The molecule has 1 aromatic carbocycles. The Morgan fingerprint density at radius 1 is 1.29 bits per heavy atom. The molecule has 1 saturated carbocycles. The number of nitro groups is 1. The van der Waals surface area contributed by atoms with Crippen molar-refractivity contribution in [2.75, 3.05) is 6.61 Å². The van der Waals surface area contributed by atoms with Gasteiger partial charge in [-0.15, -0.1) is 0 Å². The number of benzene rings is 1. The Bertz CT molecular complexity index is 661. The Kier molecular flexibility index (Phi) is 4.64. The maximum absolute atomic E-state index is 12.7. The number of nitro benzene ring substituents is 1. The Labute approximate surface area is 140 Å². The highest BCUT2D eigenvalue weighted by Crippen LogP contribution is 2.56. The van der Waals surface area contributed by atoms with Crippen molar-refractivity contribution in [2.24, 2.45) is 5.92 Å². The van der Waals surface area contributed by atoms with Crippen LogP contribution in [0, 0.1) is 16.0 Å². The Morgan fingerprint density at radius 3 is 2.33 bits per heavy atom. The molecule has 0 radical (unpaired) electrons. The fourth-order valence-corrected chi connectivity index (χ4v) is 2.70. The fourth-order valence-electron chi connectivity index (χ4n) is 2.70. The Morgan fingerprint density at radius 2 is 1.88 bits per heavy atom. The molecular weight excluding hydrogens is 314 g/mol. The van der Waals surface area contributed by atoms with Gasteiger partial charge < -0.3 is 9.47 Å². The summed E-state index contributed by atoms with van der Waals surface area (Å²) in [7, 11) is 0. The molecule has 7 nitrogen and oxygen atoms in total. The highest BCUT2D eigenvalue weighted by Gasteiger charge is 2.67. The molecule has 0 unspecified atom stereocenters.